The average Bonchev–Trinajstić information content (AvgIpc) is 2.30. The maximum absolute atomic E-state index is 11.5. The molecule has 0 aromatic carbocycles. The van der Waals surface area contributed by atoms with E-state index in [9.17, 15) is 4.79 Å². The van der Waals surface area contributed by atoms with Crippen molar-refractivity contribution in [2.24, 2.45) is 0 Å². The summed E-state index contributed by atoms with van der Waals surface area (Å²) in [5.74, 6) is 0.0961. The smallest absolute Gasteiger partial charge is 0.236 e. The summed E-state index contributed by atoms with van der Waals surface area (Å²) < 4.78 is 4.97. The lowest BCUT2D eigenvalue weighted by Crippen LogP contribution is -2.42. The number of ether oxygens (including phenoxy) is 1. The van der Waals surface area contributed by atoms with Gasteiger partial charge in [-0.1, -0.05) is 6.92 Å². The Labute approximate surface area is 99.1 Å². The Bertz CT molecular complexity index is 174. The summed E-state index contributed by atoms with van der Waals surface area (Å²) >= 11 is 0. The van der Waals surface area contributed by atoms with Gasteiger partial charge in [0.1, 0.15) is 0 Å². The Morgan fingerprint density at radius 3 is 2.62 bits per heavy atom. The van der Waals surface area contributed by atoms with Crippen LogP contribution < -0.4 is 10.6 Å². The van der Waals surface area contributed by atoms with Crippen LogP contribution in [0.25, 0.3) is 0 Å². The topological polar surface area (TPSA) is 50.4 Å². The third-order valence-corrected chi connectivity index (χ3v) is 2.42. The maximum atomic E-state index is 11.5. The standard InChI is InChI=1S/C12H26N2O2/c1-4-8-14-12(15)11(2)13-9-6-5-7-10-16-3/h11,13H,4-10H2,1-3H3,(H,14,15). The first-order valence-electron chi connectivity index (χ1n) is 6.22. The van der Waals surface area contributed by atoms with Gasteiger partial charge >= 0.3 is 0 Å². The van der Waals surface area contributed by atoms with Crippen molar-refractivity contribution < 1.29 is 9.53 Å². The first-order valence-corrected chi connectivity index (χ1v) is 6.22. The number of nitrogens with one attached hydrogen (secondary N) is 2. The molecule has 0 aliphatic carbocycles. The van der Waals surface area contributed by atoms with Gasteiger partial charge < -0.3 is 15.4 Å². The second-order valence-electron chi connectivity index (χ2n) is 4.02. The number of unbranched alkanes of at least 4 members (excludes halogenated alkanes) is 2. The highest BCUT2D eigenvalue weighted by Crippen LogP contribution is 1.94. The molecule has 0 spiro atoms. The van der Waals surface area contributed by atoms with Crippen LogP contribution in [0.2, 0.25) is 0 Å². The molecule has 1 unspecified atom stereocenters. The molecule has 0 saturated carbocycles. The number of hydrogen-bond donors (Lipinski definition) is 2. The van der Waals surface area contributed by atoms with E-state index in [4.69, 9.17) is 4.74 Å². The predicted molar refractivity (Wildman–Crippen MR) is 66.5 cm³/mol. The zero-order valence-electron chi connectivity index (χ0n) is 10.8. The molecule has 1 amide bonds. The number of hydrogen-bond acceptors (Lipinski definition) is 3. The average molecular weight is 230 g/mol. The van der Waals surface area contributed by atoms with Crippen LogP contribution in [0, 0.1) is 0 Å². The largest absolute Gasteiger partial charge is 0.385 e. The number of carbonyl (C=O) groups is 1. The molecule has 16 heavy (non-hydrogen) atoms. The van der Waals surface area contributed by atoms with Crippen LogP contribution in [-0.2, 0) is 9.53 Å². The molecule has 0 fully saturated rings. The van der Waals surface area contributed by atoms with Gasteiger partial charge in [0, 0.05) is 20.3 Å². The first kappa shape index (κ1) is 15.4. The fraction of sp³-hybridized carbons (Fsp3) is 0.917. The van der Waals surface area contributed by atoms with Crippen molar-refractivity contribution >= 4 is 5.91 Å². The molecule has 0 aromatic rings. The summed E-state index contributed by atoms with van der Waals surface area (Å²) in [7, 11) is 1.72. The second kappa shape index (κ2) is 10.9. The minimum absolute atomic E-state index is 0.0889. The molecular formula is C12H26N2O2. The van der Waals surface area contributed by atoms with Gasteiger partial charge in [0.15, 0.2) is 0 Å². The van der Waals surface area contributed by atoms with Crippen molar-refractivity contribution in [2.75, 3.05) is 26.8 Å². The molecule has 1 atom stereocenters. The van der Waals surface area contributed by atoms with E-state index in [1.165, 1.54) is 0 Å². The van der Waals surface area contributed by atoms with E-state index >= 15 is 0 Å². The van der Waals surface area contributed by atoms with E-state index in [1.807, 2.05) is 13.8 Å². The van der Waals surface area contributed by atoms with E-state index in [2.05, 4.69) is 10.6 Å². The van der Waals surface area contributed by atoms with Gasteiger partial charge in [0.2, 0.25) is 5.91 Å². The molecule has 0 aliphatic rings. The van der Waals surface area contributed by atoms with Gasteiger partial charge in [-0.2, -0.15) is 0 Å². The Morgan fingerprint density at radius 2 is 2.00 bits per heavy atom. The fourth-order valence-electron chi connectivity index (χ4n) is 1.36. The molecular weight excluding hydrogens is 204 g/mol. The molecule has 4 nitrogen and oxygen atoms in total. The lowest BCUT2D eigenvalue weighted by atomic mass is 10.2. The van der Waals surface area contributed by atoms with E-state index < -0.39 is 0 Å². The highest BCUT2D eigenvalue weighted by Gasteiger charge is 2.09. The summed E-state index contributed by atoms with van der Waals surface area (Å²) in [6, 6.07) is -0.0889. The van der Waals surface area contributed by atoms with Crippen molar-refractivity contribution in [3.63, 3.8) is 0 Å². The van der Waals surface area contributed by atoms with Gasteiger partial charge in [0.05, 0.1) is 6.04 Å². The molecule has 0 aromatic heterocycles. The third kappa shape index (κ3) is 8.68. The van der Waals surface area contributed by atoms with Gasteiger partial charge in [-0.05, 0) is 39.2 Å². The van der Waals surface area contributed by atoms with Crippen LogP contribution in [-0.4, -0.2) is 38.8 Å². The molecule has 0 radical (unpaired) electrons. The van der Waals surface area contributed by atoms with Crippen LogP contribution in [0.3, 0.4) is 0 Å². The van der Waals surface area contributed by atoms with Gasteiger partial charge in [-0.25, -0.2) is 0 Å². The summed E-state index contributed by atoms with van der Waals surface area (Å²) in [5.41, 5.74) is 0. The lowest BCUT2D eigenvalue weighted by molar-refractivity contribution is -0.122. The monoisotopic (exact) mass is 230 g/mol. The Kier molecular flexibility index (Phi) is 10.5. The second-order valence-corrected chi connectivity index (χ2v) is 4.02. The number of carbonyl (C=O) groups excluding carboxylic acids is 1. The minimum Gasteiger partial charge on any atom is -0.385 e. The quantitative estimate of drug-likeness (QED) is 0.556. The van der Waals surface area contributed by atoms with Gasteiger partial charge in [-0.15, -0.1) is 0 Å². The first-order chi connectivity index (χ1) is 7.72. The number of methoxy groups -OCH3 is 1. The molecule has 0 bridgehead atoms. The molecule has 0 rings (SSSR count). The number of amides is 1. The van der Waals surface area contributed by atoms with Gasteiger partial charge in [0.25, 0.3) is 0 Å². The van der Waals surface area contributed by atoms with Crippen molar-refractivity contribution in [1.82, 2.24) is 10.6 Å². The third-order valence-electron chi connectivity index (χ3n) is 2.42. The Balaban J connectivity index is 3.35. The van der Waals surface area contributed by atoms with Crippen molar-refractivity contribution in [3.8, 4) is 0 Å². The molecule has 4 heteroatoms. The van der Waals surface area contributed by atoms with E-state index in [0.717, 1.165) is 45.4 Å². The van der Waals surface area contributed by atoms with Gasteiger partial charge in [-0.3, -0.25) is 4.79 Å². The molecule has 0 saturated heterocycles. The summed E-state index contributed by atoms with van der Waals surface area (Å²) in [6.45, 7) is 6.43. The molecule has 0 heterocycles. The zero-order chi connectivity index (χ0) is 12.2. The van der Waals surface area contributed by atoms with Crippen LogP contribution in [0.4, 0.5) is 0 Å². The number of rotatable bonds is 10. The van der Waals surface area contributed by atoms with Crippen LogP contribution in [0.15, 0.2) is 0 Å². The minimum atomic E-state index is -0.0889. The van der Waals surface area contributed by atoms with Crippen molar-refractivity contribution in [2.45, 2.75) is 45.6 Å². The van der Waals surface area contributed by atoms with Crippen LogP contribution in [0.1, 0.15) is 39.5 Å². The maximum Gasteiger partial charge on any atom is 0.236 e. The summed E-state index contributed by atoms with van der Waals surface area (Å²) in [5, 5.41) is 6.09. The van der Waals surface area contributed by atoms with E-state index in [1.54, 1.807) is 7.11 Å². The van der Waals surface area contributed by atoms with Crippen molar-refractivity contribution in [1.29, 1.82) is 0 Å². The van der Waals surface area contributed by atoms with Crippen LogP contribution in [0.5, 0.6) is 0 Å². The Morgan fingerprint density at radius 1 is 1.25 bits per heavy atom. The van der Waals surface area contributed by atoms with E-state index in [0.29, 0.717) is 0 Å². The lowest BCUT2D eigenvalue weighted by Gasteiger charge is -2.13. The highest BCUT2D eigenvalue weighted by atomic mass is 16.5. The Hall–Kier alpha value is -0.610. The SMILES string of the molecule is CCCNC(=O)C(C)NCCCCCOC. The van der Waals surface area contributed by atoms with E-state index in [-0.39, 0.29) is 11.9 Å². The molecule has 0 aliphatic heterocycles. The normalized spacial score (nSPS) is 12.4. The highest BCUT2D eigenvalue weighted by molar-refractivity contribution is 5.81. The molecule has 2 N–H and O–H groups in total. The summed E-state index contributed by atoms with van der Waals surface area (Å²) in [6.07, 6.45) is 4.31. The van der Waals surface area contributed by atoms with Crippen molar-refractivity contribution in [3.05, 3.63) is 0 Å². The zero-order valence-corrected chi connectivity index (χ0v) is 10.8. The predicted octanol–water partition coefficient (Wildman–Crippen LogP) is 1.31. The molecule has 96 valence electrons. The fourth-order valence-corrected chi connectivity index (χ4v) is 1.36. The van der Waals surface area contributed by atoms with Crippen LogP contribution >= 0.6 is 0 Å². The summed E-state index contributed by atoms with van der Waals surface area (Å²) in [4.78, 5) is 11.5.